The molecule has 184 valence electrons. The SMILES string of the molecule is Cc1cccc(Cn2c(=O)c(C(=O)NCCc3ccccn3)nn(-c3ccc(C(C)C)cc3)c2=O)c1. The highest BCUT2D eigenvalue weighted by atomic mass is 16.2. The van der Waals surface area contributed by atoms with Crippen LogP contribution >= 0.6 is 0 Å². The number of nitrogens with zero attached hydrogens (tertiary/aromatic N) is 4. The lowest BCUT2D eigenvalue weighted by Crippen LogP contribution is -2.46. The summed E-state index contributed by atoms with van der Waals surface area (Å²) in [5.41, 5.74) is 2.51. The zero-order valence-corrected chi connectivity index (χ0v) is 20.6. The number of carbonyl (C=O) groups is 1. The fourth-order valence-electron chi connectivity index (χ4n) is 3.89. The molecule has 2 aromatic heterocycles. The Hall–Kier alpha value is -4.33. The van der Waals surface area contributed by atoms with Gasteiger partial charge in [0.25, 0.3) is 11.5 Å². The molecule has 0 radical (unpaired) electrons. The summed E-state index contributed by atoms with van der Waals surface area (Å²) in [7, 11) is 0. The van der Waals surface area contributed by atoms with Crippen molar-refractivity contribution in [2.75, 3.05) is 6.54 Å². The molecule has 0 saturated carbocycles. The molecule has 4 rings (SSSR count). The van der Waals surface area contributed by atoms with Crippen LogP contribution in [-0.4, -0.2) is 31.8 Å². The van der Waals surface area contributed by atoms with E-state index in [1.54, 1.807) is 18.3 Å². The van der Waals surface area contributed by atoms with Crippen LogP contribution in [0.3, 0.4) is 0 Å². The van der Waals surface area contributed by atoms with Gasteiger partial charge in [0, 0.05) is 24.9 Å². The number of carbonyl (C=O) groups excluding carboxylic acids is 1. The molecule has 1 amide bonds. The summed E-state index contributed by atoms with van der Waals surface area (Å²) < 4.78 is 2.18. The Labute approximate surface area is 209 Å². The number of aromatic nitrogens is 4. The Morgan fingerprint density at radius 2 is 1.78 bits per heavy atom. The van der Waals surface area contributed by atoms with Gasteiger partial charge in [0.05, 0.1) is 12.2 Å². The van der Waals surface area contributed by atoms with Gasteiger partial charge in [-0.05, 0) is 48.2 Å². The molecule has 8 nitrogen and oxygen atoms in total. The largest absolute Gasteiger partial charge is 0.352 e. The van der Waals surface area contributed by atoms with Crippen molar-refractivity contribution in [3.05, 3.63) is 122 Å². The molecular formula is C28H29N5O3. The second-order valence-corrected chi connectivity index (χ2v) is 9.00. The molecule has 0 aliphatic heterocycles. The van der Waals surface area contributed by atoms with Crippen molar-refractivity contribution in [3.63, 3.8) is 0 Å². The first-order valence-corrected chi connectivity index (χ1v) is 11.9. The molecule has 2 aromatic carbocycles. The first-order chi connectivity index (χ1) is 17.3. The normalized spacial score (nSPS) is 11.0. The highest BCUT2D eigenvalue weighted by Gasteiger charge is 2.20. The molecule has 0 unspecified atom stereocenters. The van der Waals surface area contributed by atoms with Crippen molar-refractivity contribution < 1.29 is 4.79 Å². The van der Waals surface area contributed by atoms with Crippen LogP contribution in [0.15, 0.2) is 82.5 Å². The molecule has 1 N–H and O–H groups in total. The second-order valence-electron chi connectivity index (χ2n) is 9.00. The van der Waals surface area contributed by atoms with Crippen molar-refractivity contribution in [1.29, 1.82) is 0 Å². The number of nitrogens with one attached hydrogen (secondary N) is 1. The molecule has 36 heavy (non-hydrogen) atoms. The van der Waals surface area contributed by atoms with Crippen LogP contribution in [0.25, 0.3) is 5.69 Å². The minimum absolute atomic E-state index is 0.0279. The lowest BCUT2D eigenvalue weighted by atomic mass is 10.0. The maximum Gasteiger partial charge on any atom is 0.352 e. The third kappa shape index (κ3) is 5.66. The predicted molar refractivity (Wildman–Crippen MR) is 139 cm³/mol. The molecule has 8 heteroatoms. The van der Waals surface area contributed by atoms with E-state index in [0.29, 0.717) is 18.0 Å². The average Bonchev–Trinajstić information content (AvgIpc) is 2.87. The standard InChI is InChI=1S/C28H29N5O3/c1-19(2)22-10-12-24(13-11-22)33-28(36)32(18-21-8-6-7-20(3)17-21)27(35)25(31-33)26(34)30-16-14-23-9-4-5-15-29-23/h4-13,15,17,19H,14,16,18H2,1-3H3,(H,30,34). The quantitative estimate of drug-likeness (QED) is 0.415. The summed E-state index contributed by atoms with van der Waals surface area (Å²) in [5, 5.41) is 6.95. The number of rotatable bonds is 8. The minimum atomic E-state index is -0.730. The van der Waals surface area contributed by atoms with Crippen LogP contribution in [-0.2, 0) is 13.0 Å². The second kappa shape index (κ2) is 10.9. The van der Waals surface area contributed by atoms with E-state index in [2.05, 4.69) is 29.2 Å². The van der Waals surface area contributed by atoms with Gasteiger partial charge in [0.1, 0.15) is 0 Å². The Kier molecular flexibility index (Phi) is 7.53. The molecule has 0 aliphatic rings. The van der Waals surface area contributed by atoms with Crippen molar-refractivity contribution in [2.24, 2.45) is 0 Å². The molecular weight excluding hydrogens is 454 g/mol. The van der Waals surface area contributed by atoms with Crippen LogP contribution in [0.1, 0.15) is 52.6 Å². The zero-order chi connectivity index (χ0) is 25.7. The molecule has 0 atom stereocenters. The first-order valence-electron chi connectivity index (χ1n) is 11.9. The number of hydrogen-bond acceptors (Lipinski definition) is 5. The summed E-state index contributed by atoms with van der Waals surface area (Å²) >= 11 is 0. The van der Waals surface area contributed by atoms with Crippen LogP contribution in [0, 0.1) is 6.92 Å². The summed E-state index contributed by atoms with van der Waals surface area (Å²) in [6.07, 6.45) is 2.18. The molecule has 2 heterocycles. The van der Waals surface area contributed by atoms with E-state index in [4.69, 9.17) is 0 Å². The van der Waals surface area contributed by atoms with Gasteiger partial charge in [-0.2, -0.15) is 9.78 Å². The lowest BCUT2D eigenvalue weighted by molar-refractivity contribution is 0.0944. The van der Waals surface area contributed by atoms with E-state index >= 15 is 0 Å². The summed E-state index contributed by atoms with van der Waals surface area (Å²) in [5.74, 6) is -0.319. The summed E-state index contributed by atoms with van der Waals surface area (Å²) in [4.78, 5) is 44.0. The van der Waals surface area contributed by atoms with E-state index in [9.17, 15) is 14.4 Å². The van der Waals surface area contributed by atoms with Crippen molar-refractivity contribution in [1.82, 2.24) is 24.6 Å². The van der Waals surface area contributed by atoms with E-state index in [0.717, 1.165) is 31.6 Å². The van der Waals surface area contributed by atoms with Gasteiger partial charge in [-0.3, -0.25) is 19.1 Å². The van der Waals surface area contributed by atoms with Crippen LogP contribution in [0.4, 0.5) is 0 Å². The number of amides is 1. The highest BCUT2D eigenvalue weighted by Crippen LogP contribution is 2.15. The van der Waals surface area contributed by atoms with E-state index in [1.165, 1.54) is 0 Å². The van der Waals surface area contributed by atoms with E-state index < -0.39 is 17.2 Å². The fraction of sp³-hybridized carbons (Fsp3) is 0.250. The third-order valence-electron chi connectivity index (χ3n) is 5.90. The van der Waals surface area contributed by atoms with Gasteiger partial charge >= 0.3 is 5.69 Å². The first kappa shape index (κ1) is 24.8. The van der Waals surface area contributed by atoms with Gasteiger partial charge in [0.2, 0.25) is 5.69 Å². The van der Waals surface area contributed by atoms with Gasteiger partial charge < -0.3 is 5.32 Å². The molecule has 0 bridgehead atoms. The number of hydrogen-bond donors (Lipinski definition) is 1. The maximum absolute atomic E-state index is 13.4. The average molecular weight is 484 g/mol. The molecule has 0 spiro atoms. The van der Waals surface area contributed by atoms with Crippen molar-refractivity contribution in [3.8, 4) is 5.69 Å². The van der Waals surface area contributed by atoms with Gasteiger partial charge in [-0.25, -0.2) is 4.79 Å². The zero-order valence-electron chi connectivity index (χ0n) is 20.6. The Bertz CT molecular complexity index is 1470. The molecule has 4 aromatic rings. The Morgan fingerprint density at radius 1 is 1.00 bits per heavy atom. The van der Waals surface area contributed by atoms with Gasteiger partial charge in [-0.1, -0.05) is 61.9 Å². The number of benzene rings is 2. The Morgan fingerprint density at radius 3 is 2.44 bits per heavy atom. The van der Waals surface area contributed by atoms with Crippen molar-refractivity contribution >= 4 is 5.91 Å². The number of pyridine rings is 1. The number of aryl methyl sites for hydroxylation is 1. The van der Waals surface area contributed by atoms with Crippen LogP contribution in [0.5, 0.6) is 0 Å². The highest BCUT2D eigenvalue weighted by molar-refractivity contribution is 5.91. The van der Waals surface area contributed by atoms with Gasteiger partial charge in [0.15, 0.2) is 0 Å². The lowest BCUT2D eigenvalue weighted by Gasteiger charge is -2.13. The topological polar surface area (TPSA) is 98.9 Å². The van der Waals surface area contributed by atoms with Crippen LogP contribution < -0.4 is 16.6 Å². The van der Waals surface area contributed by atoms with Crippen LogP contribution in [0.2, 0.25) is 0 Å². The smallest absolute Gasteiger partial charge is 0.350 e. The molecule has 0 fully saturated rings. The monoisotopic (exact) mass is 483 g/mol. The molecule has 0 aliphatic carbocycles. The van der Waals surface area contributed by atoms with Gasteiger partial charge in [-0.15, -0.1) is 0 Å². The fourth-order valence-corrected chi connectivity index (χ4v) is 3.89. The minimum Gasteiger partial charge on any atom is -0.350 e. The van der Waals surface area contributed by atoms with E-state index in [1.807, 2.05) is 61.5 Å². The summed E-state index contributed by atoms with van der Waals surface area (Å²) in [6, 6.07) is 20.5. The predicted octanol–water partition coefficient (Wildman–Crippen LogP) is 3.24. The Balaban J connectivity index is 1.72. The third-order valence-corrected chi connectivity index (χ3v) is 5.90. The van der Waals surface area contributed by atoms with Crippen molar-refractivity contribution in [2.45, 2.75) is 39.7 Å². The maximum atomic E-state index is 13.4. The van der Waals surface area contributed by atoms with E-state index in [-0.39, 0.29) is 18.8 Å². The summed E-state index contributed by atoms with van der Waals surface area (Å²) in [6.45, 7) is 6.40. The molecule has 0 saturated heterocycles.